The van der Waals surface area contributed by atoms with Gasteiger partial charge >= 0.3 is 0 Å². The van der Waals surface area contributed by atoms with Gasteiger partial charge in [0.25, 0.3) is 11.5 Å². The maximum Gasteiger partial charge on any atom is 0.273 e. The smallest absolute Gasteiger partial charge is 0.273 e. The molecule has 1 N–H and O–H groups in total. The molecule has 34 heavy (non-hydrogen) atoms. The zero-order valence-electron chi connectivity index (χ0n) is 18.5. The molecule has 0 fully saturated rings. The number of carbonyl (C=O) groups is 1. The van der Waals surface area contributed by atoms with Crippen LogP contribution in [0.5, 0.6) is 0 Å². The Kier molecular flexibility index (Phi) is 6.78. The quantitative estimate of drug-likeness (QED) is 0.468. The van der Waals surface area contributed by atoms with Crippen LogP contribution in [0.4, 0.5) is 5.69 Å². The summed E-state index contributed by atoms with van der Waals surface area (Å²) in [7, 11) is 0. The summed E-state index contributed by atoms with van der Waals surface area (Å²) < 4.78 is 2.00. The predicted molar refractivity (Wildman–Crippen MR) is 138 cm³/mol. The van der Waals surface area contributed by atoms with Crippen LogP contribution in [-0.4, -0.2) is 10.5 Å². The lowest BCUT2D eigenvalue weighted by atomic mass is 10.1. The molecule has 0 aliphatic rings. The van der Waals surface area contributed by atoms with E-state index in [1.165, 1.54) is 4.57 Å². The number of aromatic nitrogens is 1. The second-order valence-corrected chi connectivity index (χ2v) is 9.09. The number of rotatable bonds is 4. The molecule has 0 radical (unpaired) electrons. The predicted octanol–water partition coefficient (Wildman–Crippen LogP) is 4.31. The maximum absolute atomic E-state index is 13.4. The SMILES string of the molecule is Cc1ccc(NC(=O)/C(C#N)=c2\s/c(=C/c3ccccc3Cl)c(=O)n2-c2ccccc2)cc1C. The minimum Gasteiger partial charge on any atom is -0.321 e. The topological polar surface area (TPSA) is 74.9 Å². The van der Waals surface area contributed by atoms with Crippen molar-refractivity contribution in [1.82, 2.24) is 4.57 Å². The van der Waals surface area contributed by atoms with Crippen LogP contribution in [0.3, 0.4) is 0 Å². The largest absolute Gasteiger partial charge is 0.321 e. The number of hydrogen-bond donors (Lipinski definition) is 1. The van der Waals surface area contributed by atoms with E-state index < -0.39 is 5.91 Å². The average molecular weight is 486 g/mol. The molecule has 0 bridgehead atoms. The van der Waals surface area contributed by atoms with Crippen LogP contribution < -0.4 is 20.1 Å². The summed E-state index contributed by atoms with van der Waals surface area (Å²) >= 11 is 7.36. The van der Waals surface area contributed by atoms with Crippen LogP contribution in [0.1, 0.15) is 16.7 Å². The minimum atomic E-state index is -0.582. The number of para-hydroxylation sites is 1. The molecule has 168 valence electrons. The number of benzene rings is 3. The summed E-state index contributed by atoms with van der Waals surface area (Å²) in [5, 5.41) is 13.2. The van der Waals surface area contributed by atoms with Gasteiger partial charge in [-0.05, 0) is 66.9 Å². The van der Waals surface area contributed by atoms with Gasteiger partial charge in [-0.15, -0.1) is 11.3 Å². The van der Waals surface area contributed by atoms with Gasteiger partial charge in [-0.25, -0.2) is 0 Å². The molecule has 1 heterocycles. The Labute approximate surface area is 205 Å². The first kappa shape index (κ1) is 23.2. The molecule has 0 atom stereocenters. The Hall–Kier alpha value is -3.92. The molecule has 1 amide bonds. The molecule has 7 heteroatoms. The van der Waals surface area contributed by atoms with Crippen LogP contribution >= 0.6 is 22.9 Å². The van der Waals surface area contributed by atoms with E-state index in [2.05, 4.69) is 5.32 Å². The van der Waals surface area contributed by atoms with Crippen molar-refractivity contribution >= 4 is 46.2 Å². The molecule has 4 rings (SSSR count). The van der Waals surface area contributed by atoms with Crippen molar-refractivity contribution < 1.29 is 4.79 Å². The van der Waals surface area contributed by atoms with Crippen molar-refractivity contribution in [2.24, 2.45) is 0 Å². The highest BCUT2D eigenvalue weighted by Gasteiger charge is 2.17. The van der Waals surface area contributed by atoms with E-state index in [0.717, 1.165) is 22.5 Å². The van der Waals surface area contributed by atoms with Crippen LogP contribution in [-0.2, 0) is 4.79 Å². The fraction of sp³-hybridized carbons (Fsp3) is 0.0741. The second-order valence-electron chi connectivity index (χ2n) is 7.65. The molecule has 0 saturated carbocycles. The van der Waals surface area contributed by atoms with E-state index in [0.29, 0.717) is 26.5 Å². The van der Waals surface area contributed by atoms with Gasteiger partial charge in [-0.1, -0.05) is 54.1 Å². The number of nitrogens with one attached hydrogen (secondary N) is 1. The fourth-order valence-corrected chi connectivity index (χ4v) is 4.69. The highest BCUT2D eigenvalue weighted by molar-refractivity contribution is 7.07. The summed E-state index contributed by atoms with van der Waals surface area (Å²) in [5.41, 5.74) is 3.44. The molecule has 0 aliphatic heterocycles. The van der Waals surface area contributed by atoms with Gasteiger partial charge in [0, 0.05) is 10.7 Å². The van der Waals surface area contributed by atoms with Crippen LogP contribution in [0.2, 0.25) is 5.02 Å². The Morgan fingerprint density at radius 3 is 2.41 bits per heavy atom. The molecule has 4 aromatic rings. The van der Waals surface area contributed by atoms with Gasteiger partial charge in [0.05, 0.1) is 10.2 Å². The Bertz CT molecular complexity index is 1610. The Morgan fingerprint density at radius 2 is 1.74 bits per heavy atom. The molecule has 5 nitrogen and oxygen atoms in total. The van der Waals surface area contributed by atoms with Crippen molar-refractivity contribution in [2.75, 3.05) is 5.32 Å². The first-order valence-electron chi connectivity index (χ1n) is 10.5. The zero-order chi connectivity index (χ0) is 24.2. The van der Waals surface area contributed by atoms with E-state index >= 15 is 0 Å². The molecular formula is C27H20ClN3O2S. The summed E-state index contributed by atoms with van der Waals surface area (Å²) in [5.74, 6) is -0.582. The average Bonchev–Trinajstić information content (AvgIpc) is 3.14. The summed E-state index contributed by atoms with van der Waals surface area (Å²) in [6.45, 7) is 3.93. The Balaban J connectivity index is 1.95. The molecular weight excluding hydrogens is 466 g/mol. The molecule has 0 unspecified atom stereocenters. The standard InChI is InChI=1S/C27H20ClN3O2S/c1-17-12-13-20(14-18(17)2)30-25(32)22(16-29)27-31(21-9-4-3-5-10-21)26(33)24(34-27)15-19-8-6-7-11-23(19)28/h3-15H,1-2H3,(H,30,32)/b24-15+,27-22-. The summed E-state index contributed by atoms with van der Waals surface area (Å²) in [6.07, 6.45) is 1.68. The molecule has 0 aliphatic carbocycles. The molecule has 0 saturated heterocycles. The number of nitriles is 1. The monoisotopic (exact) mass is 485 g/mol. The van der Waals surface area contributed by atoms with E-state index in [-0.39, 0.29) is 15.8 Å². The third-order valence-electron chi connectivity index (χ3n) is 5.35. The second kappa shape index (κ2) is 9.92. The van der Waals surface area contributed by atoms with Gasteiger partial charge in [0.2, 0.25) is 0 Å². The number of hydrogen-bond acceptors (Lipinski definition) is 4. The highest BCUT2D eigenvalue weighted by atomic mass is 35.5. The Morgan fingerprint density at radius 1 is 1.03 bits per heavy atom. The first-order valence-corrected chi connectivity index (χ1v) is 11.6. The van der Waals surface area contributed by atoms with E-state index in [1.54, 1.807) is 54.6 Å². The number of carbonyl (C=O) groups excluding carboxylic acids is 1. The molecule has 1 aromatic heterocycles. The maximum atomic E-state index is 13.4. The van der Waals surface area contributed by atoms with E-state index in [1.807, 2.05) is 44.2 Å². The summed E-state index contributed by atoms with van der Waals surface area (Å²) in [4.78, 5) is 26.6. The third-order valence-corrected chi connectivity index (χ3v) is 6.78. The van der Waals surface area contributed by atoms with Crippen molar-refractivity contribution in [3.8, 4) is 11.8 Å². The molecule has 3 aromatic carbocycles. The van der Waals surface area contributed by atoms with Crippen molar-refractivity contribution in [3.05, 3.63) is 114 Å². The van der Waals surface area contributed by atoms with Gasteiger partial charge < -0.3 is 5.32 Å². The number of amides is 1. The highest BCUT2D eigenvalue weighted by Crippen LogP contribution is 2.16. The van der Waals surface area contributed by atoms with E-state index in [9.17, 15) is 14.9 Å². The number of thiazole rings is 1. The van der Waals surface area contributed by atoms with Crippen LogP contribution in [0.15, 0.2) is 77.6 Å². The molecule has 0 spiro atoms. The fourth-order valence-electron chi connectivity index (χ4n) is 3.40. The van der Waals surface area contributed by atoms with Gasteiger partial charge in [0.15, 0.2) is 5.57 Å². The lowest BCUT2D eigenvalue weighted by molar-refractivity contribution is -0.111. The van der Waals surface area contributed by atoms with Gasteiger partial charge in [0.1, 0.15) is 10.7 Å². The number of nitrogens with zero attached hydrogens (tertiary/aromatic N) is 2. The van der Waals surface area contributed by atoms with Crippen molar-refractivity contribution in [3.63, 3.8) is 0 Å². The number of anilines is 1. The van der Waals surface area contributed by atoms with Gasteiger partial charge in [-0.2, -0.15) is 5.26 Å². The van der Waals surface area contributed by atoms with Crippen molar-refractivity contribution in [1.29, 1.82) is 5.26 Å². The van der Waals surface area contributed by atoms with Gasteiger partial charge in [-0.3, -0.25) is 14.2 Å². The lowest BCUT2D eigenvalue weighted by Gasteiger charge is -2.07. The zero-order valence-corrected chi connectivity index (χ0v) is 20.1. The summed E-state index contributed by atoms with van der Waals surface area (Å²) in [6, 6.07) is 23.6. The third kappa shape index (κ3) is 4.72. The van der Waals surface area contributed by atoms with Crippen molar-refractivity contribution in [2.45, 2.75) is 13.8 Å². The lowest BCUT2D eigenvalue weighted by Crippen LogP contribution is -2.32. The van der Waals surface area contributed by atoms with Crippen LogP contribution in [0.25, 0.3) is 17.3 Å². The van der Waals surface area contributed by atoms with E-state index in [4.69, 9.17) is 11.6 Å². The number of halogens is 1. The minimum absolute atomic E-state index is 0.150. The van der Waals surface area contributed by atoms with Crippen LogP contribution in [0, 0.1) is 25.2 Å². The number of aryl methyl sites for hydroxylation is 2. The first-order chi connectivity index (χ1) is 16.4. The normalized spacial score (nSPS) is 12.2.